The van der Waals surface area contributed by atoms with Gasteiger partial charge in [0.1, 0.15) is 0 Å². The predicted octanol–water partition coefficient (Wildman–Crippen LogP) is 0.719. The van der Waals surface area contributed by atoms with Gasteiger partial charge in [-0.1, -0.05) is 0 Å². The Balaban J connectivity index is 1.54. The molecule has 2 aliphatic rings. The summed E-state index contributed by atoms with van der Waals surface area (Å²) in [6.45, 7) is 4.58. The fraction of sp³-hybridized carbons (Fsp3) is 0.769. The lowest BCUT2D eigenvalue weighted by Crippen LogP contribution is -2.38. The molecule has 0 spiro atoms. The number of hydrogen-bond acceptors (Lipinski definition) is 8. The van der Waals surface area contributed by atoms with Crippen LogP contribution in [0.15, 0.2) is 0 Å². The maximum absolute atomic E-state index is 12.2. The normalized spacial score (nSPS) is 19.8. The minimum absolute atomic E-state index is 0.0310. The summed E-state index contributed by atoms with van der Waals surface area (Å²) < 4.78 is 19.5. The molecule has 0 radical (unpaired) electrons. The van der Waals surface area contributed by atoms with E-state index in [2.05, 4.69) is 13.6 Å². The van der Waals surface area contributed by atoms with Crippen molar-refractivity contribution in [3.05, 3.63) is 0 Å². The van der Waals surface area contributed by atoms with Gasteiger partial charge in [0.15, 0.2) is 6.61 Å². The standard InChI is InChI=1S/C13H20N4O3S2/c18-11(16-2-1-8-21-9-5-16)10-20-13-12(14-22-15-13)17-3-6-19-7-4-17/h1-10H2. The number of thioether (sulfide) groups is 1. The molecule has 2 aliphatic heterocycles. The van der Waals surface area contributed by atoms with Crippen LogP contribution in [0.4, 0.5) is 5.82 Å². The molecule has 9 heteroatoms. The summed E-state index contributed by atoms with van der Waals surface area (Å²) in [7, 11) is 0. The lowest BCUT2D eigenvalue weighted by atomic mass is 10.4. The molecule has 2 fully saturated rings. The number of nitrogens with zero attached hydrogens (tertiary/aromatic N) is 4. The van der Waals surface area contributed by atoms with Crippen molar-refractivity contribution < 1.29 is 14.3 Å². The molecule has 3 rings (SSSR count). The zero-order valence-electron chi connectivity index (χ0n) is 12.4. The molecular weight excluding hydrogens is 324 g/mol. The van der Waals surface area contributed by atoms with Crippen LogP contribution in [0.2, 0.25) is 0 Å². The predicted molar refractivity (Wildman–Crippen MR) is 87.0 cm³/mol. The Kier molecular flexibility index (Phi) is 5.74. The summed E-state index contributed by atoms with van der Waals surface area (Å²) in [6, 6.07) is 0. The first-order chi connectivity index (χ1) is 10.8. The van der Waals surface area contributed by atoms with E-state index in [1.165, 1.54) is 0 Å². The second-order valence-electron chi connectivity index (χ2n) is 5.13. The monoisotopic (exact) mass is 344 g/mol. The molecule has 2 saturated heterocycles. The average molecular weight is 344 g/mol. The summed E-state index contributed by atoms with van der Waals surface area (Å²) >= 11 is 3.01. The number of rotatable bonds is 4. The van der Waals surface area contributed by atoms with E-state index < -0.39 is 0 Å². The van der Waals surface area contributed by atoms with Crippen molar-refractivity contribution in [2.45, 2.75) is 6.42 Å². The van der Waals surface area contributed by atoms with Gasteiger partial charge in [-0.2, -0.15) is 16.1 Å². The van der Waals surface area contributed by atoms with Gasteiger partial charge in [-0.15, -0.1) is 4.37 Å². The maximum atomic E-state index is 12.2. The summed E-state index contributed by atoms with van der Waals surface area (Å²) in [5, 5.41) is 0. The number of amides is 1. The Morgan fingerprint density at radius 1 is 1.18 bits per heavy atom. The van der Waals surface area contributed by atoms with Crippen molar-refractivity contribution in [3.63, 3.8) is 0 Å². The number of anilines is 1. The fourth-order valence-corrected chi connectivity index (χ4v) is 3.86. The van der Waals surface area contributed by atoms with E-state index in [4.69, 9.17) is 9.47 Å². The molecule has 0 aromatic carbocycles. The van der Waals surface area contributed by atoms with Crippen LogP contribution in [0.3, 0.4) is 0 Å². The van der Waals surface area contributed by atoms with Gasteiger partial charge in [0.05, 0.1) is 24.9 Å². The van der Waals surface area contributed by atoms with Crippen LogP contribution in [0.25, 0.3) is 0 Å². The lowest BCUT2D eigenvalue weighted by molar-refractivity contribution is -0.133. The number of ether oxygens (including phenoxy) is 2. The summed E-state index contributed by atoms with van der Waals surface area (Å²) in [5.74, 6) is 3.35. The van der Waals surface area contributed by atoms with Gasteiger partial charge in [-0.25, -0.2) is 0 Å². The molecule has 1 aromatic rings. The summed E-state index contributed by atoms with van der Waals surface area (Å²) in [4.78, 5) is 16.2. The average Bonchev–Trinajstić information content (AvgIpc) is 2.86. The number of carbonyl (C=O) groups excluding carboxylic acids is 1. The summed E-state index contributed by atoms with van der Waals surface area (Å²) in [5.41, 5.74) is 0. The quantitative estimate of drug-likeness (QED) is 0.797. The first-order valence-electron chi connectivity index (χ1n) is 7.48. The zero-order chi connectivity index (χ0) is 15.2. The van der Waals surface area contributed by atoms with Crippen molar-refractivity contribution in [1.29, 1.82) is 0 Å². The first kappa shape index (κ1) is 15.8. The van der Waals surface area contributed by atoms with Crippen molar-refractivity contribution in [1.82, 2.24) is 13.6 Å². The minimum atomic E-state index is 0.0310. The Labute approximate surface area is 138 Å². The lowest BCUT2D eigenvalue weighted by Gasteiger charge is -2.27. The van der Waals surface area contributed by atoms with Crippen molar-refractivity contribution in [2.75, 3.05) is 62.4 Å². The second kappa shape index (κ2) is 7.98. The highest BCUT2D eigenvalue weighted by atomic mass is 32.2. The van der Waals surface area contributed by atoms with Crippen molar-refractivity contribution >= 4 is 35.2 Å². The number of morpholine rings is 1. The molecule has 3 heterocycles. The van der Waals surface area contributed by atoms with Crippen LogP contribution in [0.1, 0.15) is 6.42 Å². The molecule has 0 N–H and O–H groups in total. The number of carbonyl (C=O) groups is 1. The zero-order valence-corrected chi connectivity index (χ0v) is 14.0. The molecule has 0 saturated carbocycles. The Hall–Kier alpha value is -1.06. The number of aromatic nitrogens is 2. The molecule has 0 aliphatic carbocycles. The van der Waals surface area contributed by atoms with Gasteiger partial charge in [0.25, 0.3) is 11.8 Å². The van der Waals surface area contributed by atoms with E-state index in [9.17, 15) is 4.79 Å². The number of hydrogen-bond donors (Lipinski definition) is 0. The third-order valence-corrected chi connectivity index (χ3v) is 5.21. The van der Waals surface area contributed by atoms with Gasteiger partial charge >= 0.3 is 0 Å². The third kappa shape index (κ3) is 4.02. The molecule has 122 valence electrons. The van der Waals surface area contributed by atoms with E-state index in [1.807, 2.05) is 16.7 Å². The molecule has 1 aromatic heterocycles. The summed E-state index contributed by atoms with van der Waals surface area (Å²) in [6.07, 6.45) is 1.05. The molecule has 0 unspecified atom stereocenters. The van der Waals surface area contributed by atoms with Crippen molar-refractivity contribution in [3.8, 4) is 5.88 Å². The molecule has 1 amide bonds. The Bertz CT molecular complexity index is 485. The van der Waals surface area contributed by atoms with Crippen LogP contribution < -0.4 is 9.64 Å². The largest absolute Gasteiger partial charge is 0.464 e. The molecular formula is C13H20N4O3S2. The van der Waals surface area contributed by atoms with Crippen LogP contribution in [-0.2, 0) is 9.53 Å². The molecule has 22 heavy (non-hydrogen) atoms. The first-order valence-corrected chi connectivity index (χ1v) is 9.36. The fourth-order valence-electron chi connectivity index (χ4n) is 2.45. The van der Waals surface area contributed by atoms with Gasteiger partial charge < -0.3 is 19.3 Å². The smallest absolute Gasteiger partial charge is 0.271 e. The van der Waals surface area contributed by atoms with Crippen LogP contribution in [-0.4, -0.2) is 77.1 Å². The van der Waals surface area contributed by atoms with E-state index in [-0.39, 0.29) is 12.5 Å². The SMILES string of the molecule is O=C(COc1nsnc1N1CCOCC1)N1CCCSCC1. The van der Waals surface area contributed by atoms with Gasteiger partial charge in [-0.3, -0.25) is 4.79 Å². The van der Waals surface area contributed by atoms with Gasteiger partial charge in [0.2, 0.25) is 5.82 Å². The Morgan fingerprint density at radius 2 is 2.05 bits per heavy atom. The van der Waals surface area contributed by atoms with E-state index >= 15 is 0 Å². The molecule has 7 nitrogen and oxygen atoms in total. The molecule has 0 atom stereocenters. The highest BCUT2D eigenvalue weighted by Gasteiger charge is 2.22. The second-order valence-corrected chi connectivity index (χ2v) is 6.88. The minimum Gasteiger partial charge on any atom is -0.464 e. The van der Waals surface area contributed by atoms with Gasteiger partial charge in [0, 0.05) is 31.9 Å². The van der Waals surface area contributed by atoms with E-state index in [1.54, 1.807) is 0 Å². The van der Waals surface area contributed by atoms with Crippen LogP contribution >= 0.6 is 23.5 Å². The third-order valence-electron chi connectivity index (χ3n) is 3.66. The maximum Gasteiger partial charge on any atom is 0.271 e. The van der Waals surface area contributed by atoms with E-state index in [0.29, 0.717) is 19.1 Å². The van der Waals surface area contributed by atoms with Crippen LogP contribution in [0, 0.1) is 0 Å². The van der Waals surface area contributed by atoms with Crippen molar-refractivity contribution in [2.24, 2.45) is 0 Å². The van der Waals surface area contributed by atoms with Gasteiger partial charge in [-0.05, 0) is 12.2 Å². The topological polar surface area (TPSA) is 67.8 Å². The van der Waals surface area contributed by atoms with Crippen LogP contribution in [0.5, 0.6) is 5.88 Å². The highest BCUT2D eigenvalue weighted by Crippen LogP contribution is 2.26. The Morgan fingerprint density at radius 3 is 2.91 bits per heavy atom. The van der Waals surface area contributed by atoms with E-state index in [0.717, 1.165) is 61.7 Å². The highest BCUT2D eigenvalue weighted by molar-refractivity contribution is 7.99. The molecule has 0 bridgehead atoms.